The number of benzene rings is 2. The molecule has 0 fully saturated rings. The molecule has 0 spiro atoms. The van der Waals surface area contributed by atoms with Crippen LogP contribution in [0, 0.1) is 6.92 Å². The molecule has 2 rings (SSSR count). The molecule has 0 aliphatic rings. The Balaban J connectivity index is 2.16. The lowest BCUT2D eigenvalue weighted by Gasteiger charge is -2.13. The summed E-state index contributed by atoms with van der Waals surface area (Å²) in [6.45, 7) is 2.15. The molecule has 0 amide bonds. The smallest absolute Gasteiger partial charge is 0.119 e. The van der Waals surface area contributed by atoms with Crippen LogP contribution in [0.3, 0.4) is 0 Å². The summed E-state index contributed by atoms with van der Waals surface area (Å²) in [6, 6.07) is 16.7. The van der Waals surface area contributed by atoms with E-state index in [0.29, 0.717) is 4.83 Å². The molecule has 1 unspecified atom stereocenters. The van der Waals surface area contributed by atoms with E-state index in [4.69, 9.17) is 4.74 Å². The summed E-state index contributed by atoms with van der Waals surface area (Å²) in [5.74, 6) is 0.914. The van der Waals surface area contributed by atoms with Gasteiger partial charge in [0.1, 0.15) is 5.75 Å². The largest absolute Gasteiger partial charge is 0.497 e. The molecule has 18 heavy (non-hydrogen) atoms. The Morgan fingerprint density at radius 3 is 2.61 bits per heavy atom. The minimum absolute atomic E-state index is 0.339. The van der Waals surface area contributed by atoms with Crippen molar-refractivity contribution in [1.29, 1.82) is 0 Å². The maximum Gasteiger partial charge on any atom is 0.119 e. The van der Waals surface area contributed by atoms with Crippen LogP contribution >= 0.6 is 15.9 Å². The van der Waals surface area contributed by atoms with Crippen molar-refractivity contribution in [2.24, 2.45) is 0 Å². The fraction of sp³-hybridized carbons (Fsp3) is 0.250. The highest BCUT2D eigenvalue weighted by molar-refractivity contribution is 9.09. The van der Waals surface area contributed by atoms with Gasteiger partial charge in [-0.25, -0.2) is 0 Å². The molecule has 0 saturated carbocycles. The highest BCUT2D eigenvalue weighted by Crippen LogP contribution is 2.30. The molecule has 0 radical (unpaired) electrons. The summed E-state index contributed by atoms with van der Waals surface area (Å²) in [6.07, 6.45) is 0.960. The quantitative estimate of drug-likeness (QED) is 0.745. The first kappa shape index (κ1) is 13.2. The van der Waals surface area contributed by atoms with E-state index in [1.807, 2.05) is 12.1 Å². The van der Waals surface area contributed by atoms with E-state index >= 15 is 0 Å². The van der Waals surface area contributed by atoms with Gasteiger partial charge in [0.05, 0.1) is 7.11 Å². The van der Waals surface area contributed by atoms with Gasteiger partial charge < -0.3 is 4.74 Å². The highest BCUT2D eigenvalue weighted by atomic mass is 79.9. The topological polar surface area (TPSA) is 9.23 Å². The van der Waals surface area contributed by atoms with Gasteiger partial charge in [0.25, 0.3) is 0 Å². The van der Waals surface area contributed by atoms with Crippen LogP contribution in [-0.4, -0.2) is 7.11 Å². The molecule has 0 N–H and O–H groups in total. The predicted molar refractivity (Wildman–Crippen MR) is 79.5 cm³/mol. The molecular weight excluding hydrogens is 288 g/mol. The third-order valence-electron chi connectivity index (χ3n) is 3.07. The van der Waals surface area contributed by atoms with Crippen LogP contribution in [0.15, 0.2) is 48.5 Å². The van der Waals surface area contributed by atoms with Crippen LogP contribution in [0.25, 0.3) is 0 Å². The summed E-state index contributed by atoms with van der Waals surface area (Å²) in [5, 5.41) is 0. The molecule has 0 bridgehead atoms. The minimum Gasteiger partial charge on any atom is -0.497 e. The molecule has 0 aromatic heterocycles. The van der Waals surface area contributed by atoms with E-state index in [1.165, 1.54) is 16.7 Å². The molecule has 0 aliphatic carbocycles. The standard InChI is InChI=1S/C16H17BrO/c1-12-6-3-4-9-15(12)16(17)11-13-7-5-8-14(10-13)18-2/h3-10,16H,11H2,1-2H3. The van der Waals surface area contributed by atoms with Crippen molar-refractivity contribution in [3.8, 4) is 5.75 Å². The first-order valence-corrected chi connectivity index (χ1v) is 6.95. The van der Waals surface area contributed by atoms with Gasteiger partial charge in [-0.2, -0.15) is 0 Å². The average molecular weight is 305 g/mol. The van der Waals surface area contributed by atoms with Crippen LogP contribution < -0.4 is 4.74 Å². The summed E-state index contributed by atoms with van der Waals surface area (Å²) in [5.41, 5.74) is 3.95. The first-order valence-electron chi connectivity index (χ1n) is 6.03. The number of aryl methyl sites for hydroxylation is 1. The number of halogens is 1. The fourth-order valence-corrected chi connectivity index (χ4v) is 2.94. The lowest BCUT2D eigenvalue weighted by Crippen LogP contribution is -1.98. The average Bonchev–Trinajstić information content (AvgIpc) is 2.39. The Morgan fingerprint density at radius 2 is 1.89 bits per heavy atom. The van der Waals surface area contributed by atoms with E-state index in [1.54, 1.807) is 7.11 Å². The third-order valence-corrected chi connectivity index (χ3v) is 3.89. The van der Waals surface area contributed by atoms with Crippen LogP contribution in [0.5, 0.6) is 5.75 Å². The maximum atomic E-state index is 5.25. The molecule has 1 nitrogen and oxygen atoms in total. The number of ether oxygens (including phenoxy) is 1. The summed E-state index contributed by atoms with van der Waals surface area (Å²) in [4.78, 5) is 0.339. The van der Waals surface area contributed by atoms with Crippen LogP contribution in [0.4, 0.5) is 0 Å². The van der Waals surface area contributed by atoms with Crippen molar-refractivity contribution in [2.45, 2.75) is 18.2 Å². The highest BCUT2D eigenvalue weighted by Gasteiger charge is 2.10. The summed E-state index contributed by atoms with van der Waals surface area (Å²) < 4.78 is 5.25. The van der Waals surface area contributed by atoms with E-state index < -0.39 is 0 Å². The van der Waals surface area contributed by atoms with E-state index in [0.717, 1.165) is 12.2 Å². The monoisotopic (exact) mass is 304 g/mol. The van der Waals surface area contributed by atoms with Gasteiger partial charge in [-0.1, -0.05) is 52.3 Å². The molecular formula is C16H17BrO. The van der Waals surface area contributed by atoms with Crippen LogP contribution in [0.1, 0.15) is 21.5 Å². The normalized spacial score (nSPS) is 12.2. The number of hydrogen-bond acceptors (Lipinski definition) is 1. The van der Waals surface area contributed by atoms with Gasteiger partial charge >= 0.3 is 0 Å². The predicted octanol–water partition coefficient (Wildman–Crippen LogP) is 4.68. The lowest BCUT2D eigenvalue weighted by atomic mass is 10.0. The van der Waals surface area contributed by atoms with E-state index in [-0.39, 0.29) is 0 Å². The molecule has 0 aliphatic heterocycles. The second-order valence-electron chi connectivity index (χ2n) is 4.38. The number of rotatable bonds is 4. The van der Waals surface area contributed by atoms with Crippen molar-refractivity contribution < 1.29 is 4.74 Å². The Labute approximate surface area is 117 Å². The van der Waals surface area contributed by atoms with Crippen molar-refractivity contribution >= 4 is 15.9 Å². The van der Waals surface area contributed by atoms with Crippen molar-refractivity contribution in [3.63, 3.8) is 0 Å². The minimum atomic E-state index is 0.339. The Kier molecular flexibility index (Phi) is 4.43. The fourth-order valence-electron chi connectivity index (χ4n) is 2.05. The zero-order chi connectivity index (χ0) is 13.0. The molecule has 0 heterocycles. The zero-order valence-corrected chi connectivity index (χ0v) is 12.3. The van der Waals surface area contributed by atoms with Gasteiger partial charge in [-0.3, -0.25) is 0 Å². The number of hydrogen-bond donors (Lipinski definition) is 0. The molecule has 2 aromatic carbocycles. The van der Waals surface area contributed by atoms with Crippen molar-refractivity contribution in [2.75, 3.05) is 7.11 Å². The summed E-state index contributed by atoms with van der Waals surface area (Å²) >= 11 is 3.78. The van der Waals surface area contributed by atoms with E-state index in [2.05, 4.69) is 59.3 Å². The van der Waals surface area contributed by atoms with Gasteiger partial charge in [-0.15, -0.1) is 0 Å². The summed E-state index contributed by atoms with van der Waals surface area (Å²) in [7, 11) is 1.70. The number of alkyl halides is 1. The van der Waals surface area contributed by atoms with Crippen molar-refractivity contribution in [3.05, 3.63) is 65.2 Å². The SMILES string of the molecule is COc1cccc(CC(Br)c2ccccc2C)c1. The molecule has 1 atom stereocenters. The Bertz CT molecular complexity index is 522. The molecule has 94 valence electrons. The van der Waals surface area contributed by atoms with Crippen LogP contribution in [-0.2, 0) is 6.42 Å². The van der Waals surface area contributed by atoms with Gasteiger partial charge in [-0.05, 0) is 42.2 Å². The van der Waals surface area contributed by atoms with Crippen LogP contribution in [0.2, 0.25) is 0 Å². The maximum absolute atomic E-state index is 5.25. The first-order chi connectivity index (χ1) is 8.70. The lowest BCUT2D eigenvalue weighted by molar-refractivity contribution is 0.414. The molecule has 2 heteroatoms. The van der Waals surface area contributed by atoms with Gasteiger partial charge in [0.15, 0.2) is 0 Å². The van der Waals surface area contributed by atoms with E-state index in [9.17, 15) is 0 Å². The molecule has 0 saturated heterocycles. The molecule has 2 aromatic rings. The Hall–Kier alpha value is -1.28. The zero-order valence-electron chi connectivity index (χ0n) is 10.7. The third kappa shape index (κ3) is 3.14. The number of methoxy groups -OCH3 is 1. The Morgan fingerprint density at radius 1 is 1.11 bits per heavy atom. The van der Waals surface area contributed by atoms with Gasteiger partial charge in [0.2, 0.25) is 0 Å². The van der Waals surface area contributed by atoms with Gasteiger partial charge in [0, 0.05) is 4.83 Å². The van der Waals surface area contributed by atoms with Crippen molar-refractivity contribution in [1.82, 2.24) is 0 Å². The second-order valence-corrected chi connectivity index (χ2v) is 5.49. The second kappa shape index (κ2) is 6.05.